The number of hydrogen-bond acceptors (Lipinski definition) is 4. The van der Waals surface area contributed by atoms with Crippen LogP contribution in [0.1, 0.15) is 47.6 Å². The number of hydrogen-bond donors (Lipinski definition) is 2. The van der Waals surface area contributed by atoms with Crippen LogP contribution >= 0.6 is 35.3 Å². The van der Waals surface area contributed by atoms with Crippen molar-refractivity contribution in [3.63, 3.8) is 0 Å². The largest absolute Gasteiger partial charge is 0.356 e. The van der Waals surface area contributed by atoms with Crippen molar-refractivity contribution < 1.29 is 0 Å². The van der Waals surface area contributed by atoms with Crippen LogP contribution in [0.2, 0.25) is 0 Å². The zero-order valence-electron chi connectivity index (χ0n) is 18.9. The molecular weight excluding hydrogens is 507 g/mol. The van der Waals surface area contributed by atoms with E-state index in [4.69, 9.17) is 0 Å². The maximum atomic E-state index is 4.51. The maximum Gasteiger partial charge on any atom is 0.191 e. The first kappa shape index (κ1) is 25.1. The fourth-order valence-corrected chi connectivity index (χ4v) is 4.99. The number of aromatic nitrogens is 2. The third-order valence-electron chi connectivity index (χ3n) is 6.14. The van der Waals surface area contributed by atoms with Gasteiger partial charge in [-0.2, -0.15) is 5.10 Å². The molecule has 1 aliphatic rings. The van der Waals surface area contributed by atoms with Crippen molar-refractivity contribution in [2.75, 3.05) is 33.2 Å². The summed E-state index contributed by atoms with van der Waals surface area (Å²) in [6.07, 6.45) is 3.53. The first-order valence-electron chi connectivity index (χ1n) is 10.7. The molecule has 1 aliphatic heterocycles. The van der Waals surface area contributed by atoms with Gasteiger partial charge < -0.3 is 10.6 Å². The fourth-order valence-electron chi connectivity index (χ4n) is 4.13. The summed E-state index contributed by atoms with van der Waals surface area (Å²) in [6.45, 7) is 10.7. The van der Waals surface area contributed by atoms with E-state index < -0.39 is 0 Å². The summed E-state index contributed by atoms with van der Waals surface area (Å²) in [5, 5.41) is 13.7. The summed E-state index contributed by atoms with van der Waals surface area (Å²) in [6, 6.07) is 4.83. The lowest BCUT2D eigenvalue weighted by atomic mass is 9.97. The van der Waals surface area contributed by atoms with Crippen molar-refractivity contribution >= 4 is 41.3 Å². The molecule has 8 heteroatoms. The van der Waals surface area contributed by atoms with E-state index in [9.17, 15) is 0 Å². The quantitative estimate of drug-likeness (QED) is 0.316. The molecular formula is C22H37IN6S. The molecule has 1 fully saturated rings. The Labute approximate surface area is 202 Å². The number of thiophene rings is 1. The van der Waals surface area contributed by atoms with Crippen molar-refractivity contribution in [2.24, 2.45) is 18.0 Å². The molecule has 0 bridgehead atoms. The number of guanidine groups is 1. The van der Waals surface area contributed by atoms with Crippen molar-refractivity contribution in [1.29, 1.82) is 0 Å². The van der Waals surface area contributed by atoms with E-state index in [2.05, 4.69) is 63.9 Å². The summed E-state index contributed by atoms with van der Waals surface area (Å²) in [4.78, 5) is 8.51. The number of nitrogens with one attached hydrogen (secondary N) is 2. The predicted molar refractivity (Wildman–Crippen MR) is 138 cm³/mol. The van der Waals surface area contributed by atoms with E-state index >= 15 is 0 Å². The number of rotatable bonds is 7. The Bertz CT molecular complexity index is 793. The molecule has 0 aliphatic carbocycles. The summed E-state index contributed by atoms with van der Waals surface area (Å²) in [5.74, 6) is 1.72. The molecule has 3 heterocycles. The molecule has 0 amide bonds. The minimum atomic E-state index is 0. The minimum Gasteiger partial charge on any atom is -0.356 e. The van der Waals surface area contributed by atoms with Gasteiger partial charge in [0, 0.05) is 37.8 Å². The van der Waals surface area contributed by atoms with Crippen LogP contribution in [0.15, 0.2) is 22.5 Å². The van der Waals surface area contributed by atoms with Gasteiger partial charge in [-0.3, -0.25) is 14.6 Å². The van der Waals surface area contributed by atoms with E-state index in [1.54, 1.807) is 0 Å². The molecule has 2 aromatic heterocycles. The lowest BCUT2D eigenvalue weighted by Gasteiger charge is -2.36. The van der Waals surface area contributed by atoms with Gasteiger partial charge in [0.2, 0.25) is 0 Å². The Hall–Kier alpha value is -1.13. The van der Waals surface area contributed by atoms with Crippen LogP contribution in [-0.2, 0) is 13.5 Å². The molecule has 1 atom stereocenters. The van der Waals surface area contributed by atoms with Gasteiger partial charge in [-0.25, -0.2) is 0 Å². The number of nitrogens with zero attached hydrogens (tertiary/aromatic N) is 4. The Morgan fingerprint density at radius 2 is 2.03 bits per heavy atom. The van der Waals surface area contributed by atoms with Gasteiger partial charge in [0.05, 0.1) is 11.7 Å². The second-order valence-electron chi connectivity index (χ2n) is 8.15. The smallest absolute Gasteiger partial charge is 0.191 e. The number of aryl methyl sites for hydroxylation is 2. The summed E-state index contributed by atoms with van der Waals surface area (Å²) >= 11 is 1.85. The van der Waals surface area contributed by atoms with E-state index in [1.165, 1.54) is 42.1 Å². The molecule has 2 N–H and O–H groups in total. The van der Waals surface area contributed by atoms with Crippen LogP contribution in [-0.4, -0.2) is 53.9 Å². The zero-order chi connectivity index (χ0) is 20.8. The highest BCUT2D eigenvalue weighted by atomic mass is 127. The number of aliphatic imine (C=N–C) groups is 1. The molecule has 6 nitrogen and oxygen atoms in total. The number of likely N-dealkylation sites (tertiary alicyclic amines) is 1. The highest BCUT2D eigenvalue weighted by molar-refractivity contribution is 14.0. The van der Waals surface area contributed by atoms with Gasteiger partial charge >= 0.3 is 0 Å². The van der Waals surface area contributed by atoms with Gasteiger partial charge in [-0.05, 0) is 69.1 Å². The molecule has 0 radical (unpaired) electrons. The SMILES string of the molecule is CN=C(NCCc1c(C)nn(C)c1C)NCC(c1cccs1)N1CCC(C)CC1.I. The summed E-state index contributed by atoms with van der Waals surface area (Å²) < 4.78 is 1.96. The number of piperidine rings is 1. The average Bonchev–Trinajstić information content (AvgIpc) is 3.32. The standard InChI is InChI=1S/C22H36N6S.HI/c1-16-9-12-28(13-10-16)20(21-7-6-14-29-21)15-25-22(23-4)24-11-8-19-17(2)26-27(5)18(19)3;/h6-7,14,16,20H,8-13,15H2,1-5H3,(H2,23,24,25);1H. The molecule has 0 spiro atoms. The van der Waals surface area contributed by atoms with Crippen LogP contribution in [0, 0.1) is 19.8 Å². The van der Waals surface area contributed by atoms with Gasteiger partial charge in [-0.15, -0.1) is 35.3 Å². The van der Waals surface area contributed by atoms with Crippen molar-refractivity contribution in [3.05, 3.63) is 39.3 Å². The lowest BCUT2D eigenvalue weighted by molar-refractivity contribution is 0.140. The van der Waals surface area contributed by atoms with Gasteiger partial charge in [0.15, 0.2) is 5.96 Å². The van der Waals surface area contributed by atoms with E-state index in [1.807, 2.05) is 30.1 Å². The molecule has 3 rings (SSSR count). The second kappa shape index (κ2) is 12.0. The molecule has 1 saturated heterocycles. The highest BCUT2D eigenvalue weighted by Crippen LogP contribution is 2.29. The average molecular weight is 545 g/mol. The van der Waals surface area contributed by atoms with Gasteiger partial charge in [-0.1, -0.05) is 13.0 Å². The van der Waals surface area contributed by atoms with Crippen molar-refractivity contribution in [1.82, 2.24) is 25.3 Å². The first-order chi connectivity index (χ1) is 14.0. The van der Waals surface area contributed by atoms with Crippen LogP contribution < -0.4 is 10.6 Å². The molecule has 0 aromatic carbocycles. The van der Waals surface area contributed by atoms with Crippen molar-refractivity contribution in [3.8, 4) is 0 Å². The normalized spacial score (nSPS) is 16.9. The van der Waals surface area contributed by atoms with E-state index in [0.29, 0.717) is 6.04 Å². The predicted octanol–water partition coefficient (Wildman–Crippen LogP) is 3.90. The zero-order valence-corrected chi connectivity index (χ0v) is 22.1. The van der Waals surface area contributed by atoms with Crippen LogP contribution in [0.3, 0.4) is 0 Å². The fraction of sp³-hybridized carbons (Fsp3) is 0.636. The molecule has 168 valence electrons. The Balaban J connectivity index is 0.00000320. The Kier molecular flexibility index (Phi) is 10.1. The lowest BCUT2D eigenvalue weighted by Crippen LogP contribution is -2.45. The molecule has 1 unspecified atom stereocenters. The maximum absolute atomic E-state index is 4.51. The molecule has 30 heavy (non-hydrogen) atoms. The van der Waals surface area contributed by atoms with Crippen molar-refractivity contribution in [2.45, 2.75) is 46.1 Å². The van der Waals surface area contributed by atoms with Crippen LogP contribution in [0.25, 0.3) is 0 Å². The first-order valence-corrected chi connectivity index (χ1v) is 11.6. The number of halogens is 1. The monoisotopic (exact) mass is 544 g/mol. The third-order valence-corrected chi connectivity index (χ3v) is 7.12. The third kappa shape index (κ3) is 6.43. The highest BCUT2D eigenvalue weighted by Gasteiger charge is 2.25. The molecule has 0 saturated carbocycles. The summed E-state index contributed by atoms with van der Waals surface area (Å²) in [7, 11) is 3.85. The van der Waals surface area contributed by atoms with Gasteiger partial charge in [0.1, 0.15) is 0 Å². The van der Waals surface area contributed by atoms with E-state index in [0.717, 1.165) is 37.1 Å². The van der Waals surface area contributed by atoms with E-state index in [-0.39, 0.29) is 24.0 Å². The minimum absolute atomic E-state index is 0. The molecule has 2 aromatic rings. The van der Waals surface area contributed by atoms with Crippen LogP contribution in [0.4, 0.5) is 0 Å². The Morgan fingerprint density at radius 1 is 1.30 bits per heavy atom. The Morgan fingerprint density at radius 3 is 2.60 bits per heavy atom. The second-order valence-corrected chi connectivity index (χ2v) is 9.13. The summed E-state index contributed by atoms with van der Waals surface area (Å²) in [5.41, 5.74) is 3.69. The topological polar surface area (TPSA) is 57.5 Å². The van der Waals surface area contributed by atoms with Crippen LogP contribution in [0.5, 0.6) is 0 Å². The van der Waals surface area contributed by atoms with Gasteiger partial charge in [0.25, 0.3) is 0 Å².